The summed E-state index contributed by atoms with van der Waals surface area (Å²) in [5, 5.41) is 7.00. The average molecular weight is 268 g/mol. The van der Waals surface area contributed by atoms with Crippen LogP contribution in [0.4, 0.5) is 10.2 Å². The summed E-state index contributed by atoms with van der Waals surface area (Å²) < 4.78 is 13.1. The third kappa shape index (κ3) is 2.03. The van der Waals surface area contributed by atoms with Gasteiger partial charge in [0.1, 0.15) is 5.82 Å². The molecule has 0 unspecified atom stereocenters. The number of aromatic nitrogens is 3. The van der Waals surface area contributed by atoms with Crippen molar-refractivity contribution < 1.29 is 4.39 Å². The van der Waals surface area contributed by atoms with E-state index in [9.17, 15) is 4.39 Å². The van der Waals surface area contributed by atoms with Crippen LogP contribution in [0.5, 0.6) is 0 Å². The normalized spacial score (nSPS) is 10.7. The number of anilines is 1. The van der Waals surface area contributed by atoms with Crippen LogP contribution in [0.1, 0.15) is 5.69 Å². The molecule has 0 aliphatic carbocycles. The van der Waals surface area contributed by atoms with Gasteiger partial charge in [0.25, 0.3) is 0 Å². The molecule has 2 aromatic heterocycles. The van der Waals surface area contributed by atoms with Crippen molar-refractivity contribution in [2.45, 2.75) is 6.92 Å². The maximum absolute atomic E-state index is 13.1. The minimum absolute atomic E-state index is 0.282. The van der Waals surface area contributed by atoms with Crippen LogP contribution >= 0.6 is 0 Å². The van der Waals surface area contributed by atoms with Gasteiger partial charge in [0, 0.05) is 17.5 Å². The standard InChI is InChI=1S/C15H13FN4/c1-9-12(3-2-8-18-9)14-13(15(17)20-19-14)10-4-6-11(16)7-5-10/h2-8H,1H3,(H3,17,19,20). The predicted octanol–water partition coefficient (Wildman–Crippen LogP) is 3.17. The molecular weight excluding hydrogens is 255 g/mol. The minimum Gasteiger partial charge on any atom is -0.382 e. The second-order valence-corrected chi connectivity index (χ2v) is 4.50. The highest BCUT2D eigenvalue weighted by Crippen LogP contribution is 2.35. The van der Waals surface area contributed by atoms with Crippen molar-refractivity contribution in [1.29, 1.82) is 0 Å². The van der Waals surface area contributed by atoms with Gasteiger partial charge in [-0.25, -0.2) is 4.39 Å². The molecule has 3 aromatic rings. The van der Waals surface area contributed by atoms with Crippen molar-refractivity contribution in [3.05, 3.63) is 54.1 Å². The van der Waals surface area contributed by atoms with E-state index in [-0.39, 0.29) is 5.82 Å². The fourth-order valence-electron chi connectivity index (χ4n) is 2.21. The molecule has 0 radical (unpaired) electrons. The van der Waals surface area contributed by atoms with Gasteiger partial charge in [-0.1, -0.05) is 12.1 Å². The molecular formula is C15H13FN4. The summed E-state index contributed by atoms with van der Waals surface area (Å²) in [4.78, 5) is 4.27. The summed E-state index contributed by atoms with van der Waals surface area (Å²) in [5.74, 6) is 0.102. The molecule has 0 saturated carbocycles. The van der Waals surface area contributed by atoms with Crippen LogP contribution in [0, 0.1) is 12.7 Å². The number of nitrogens with zero attached hydrogens (tertiary/aromatic N) is 2. The largest absolute Gasteiger partial charge is 0.382 e. The van der Waals surface area contributed by atoms with Gasteiger partial charge in [0.05, 0.1) is 11.3 Å². The molecule has 0 saturated heterocycles. The molecule has 100 valence electrons. The molecule has 0 atom stereocenters. The third-order valence-corrected chi connectivity index (χ3v) is 3.20. The first-order valence-corrected chi connectivity index (χ1v) is 6.18. The molecule has 0 bridgehead atoms. The highest BCUT2D eigenvalue weighted by molar-refractivity contribution is 5.88. The molecule has 0 amide bonds. The topological polar surface area (TPSA) is 67.6 Å². The van der Waals surface area contributed by atoms with Gasteiger partial charge < -0.3 is 5.73 Å². The van der Waals surface area contributed by atoms with Crippen molar-refractivity contribution in [3.8, 4) is 22.4 Å². The fraction of sp³-hybridized carbons (Fsp3) is 0.0667. The number of pyridine rings is 1. The molecule has 0 spiro atoms. The molecule has 3 N–H and O–H groups in total. The second kappa shape index (κ2) is 4.77. The van der Waals surface area contributed by atoms with E-state index in [0.29, 0.717) is 5.82 Å². The Kier molecular flexibility index (Phi) is 2.95. The number of halogens is 1. The monoisotopic (exact) mass is 268 g/mol. The van der Waals surface area contributed by atoms with Gasteiger partial charge in [-0.2, -0.15) is 5.10 Å². The summed E-state index contributed by atoms with van der Waals surface area (Å²) >= 11 is 0. The van der Waals surface area contributed by atoms with Crippen LogP contribution in [0.25, 0.3) is 22.4 Å². The number of aryl methyl sites for hydroxylation is 1. The Morgan fingerprint density at radius 2 is 1.90 bits per heavy atom. The molecule has 0 aliphatic heterocycles. The maximum atomic E-state index is 13.1. The summed E-state index contributed by atoms with van der Waals surface area (Å²) in [6.07, 6.45) is 1.73. The first-order valence-electron chi connectivity index (χ1n) is 6.18. The van der Waals surface area contributed by atoms with Crippen molar-refractivity contribution >= 4 is 5.82 Å². The molecule has 0 fully saturated rings. The van der Waals surface area contributed by atoms with Crippen LogP contribution in [0.3, 0.4) is 0 Å². The van der Waals surface area contributed by atoms with Crippen molar-refractivity contribution in [2.24, 2.45) is 0 Å². The Morgan fingerprint density at radius 3 is 2.60 bits per heavy atom. The molecule has 2 heterocycles. The van der Waals surface area contributed by atoms with E-state index in [1.165, 1.54) is 12.1 Å². The Morgan fingerprint density at radius 1 is 1.15 bits per heavy atom. The number of rotatable bonds is 2. The zero-order chi connectivity index (χ0) is 14.1. The Bertz CT molecular complexity index is 747. The summed E-state index contributed by atoms with van der Waals surface area (Å²) in [5.41, 5.74) is 10.1. The Balaban J connectivity index is 2.20. The summed E-state index contributed by atoms with van der Waals surface area (Å²) in [7, 11) is 0. The lowest BCUT2D eigenvalue weighted by Gasteiger charge is -2.06. The zero-order valence-corrected chi connectivity index (χ0v) is 10.9. The van der Waals surface area contributed by atoms with E-state index in [1.807, 2.05) is 19.1 Å². The third-order valence-electron chi connectivity index (χ3n) is 3.20. The minimum atomic E-state index is -0.282. The quantitative estimate of drug-likeness (QED) is 0.750. The van der Waals surface area contributed by atoms with Crippen molar-refractivity contribution in [3.63, 3.8) is 0 Å². The Labute approximate surface area is 115 Å². The van der Waals surface area contributed by atoms with E-state index >= 15 is 0 Å². The van der Waals surface area contributed by atoms with Gasteiger partial charge in [-0.3, -0.25) is 10.1 Å². The lowest BCUT2D eigenvalue weighted by Crippen LogP contribution is -1.91. The van der Waals surface area contributed by atoms with Crippen LogP contribution in [0.2, 0.25) is 0 Å². The zero-order valence-electron chi connectivity index (χ0n) is 10.9. The van der Waals surface area contributed by atoms with Gasteiger partial charge in [-0.15, -0.1) is 0 Å². The van der Waals surface area contributed by atoms with Crippen LogP contribution < -0.4 is 5.73 Å². The first-order chi connectivity index (χ1) is 9.66. The predicted molar refractivity (Wildman–Crippen MR) is 76.4 cm³/mol. The molecule has 4 nitrogen and oxygen atoms in total. The van der Waals surface area contributed by atoms with E-state index in [2.05, 4.69) is 15.2 Å². The second-order valence-electron chi connectivity index (χ2n) is 4.50. The van der Waals surface area contributed by atoms with Crippen LogP contribution in [-0.4, -0.2) is 15.2 Å². The van der Waals surface area contributed by atoms with E-state index in [4.69, 9.17) is 5.73 Å². The molecule has 3 rings (SSSR count). The van der Waals surface area contributed by atoms with Crippen LogP contribution in [0.15, 0.2) is 42.6 Å². The number of nitrogen functional groups attached to an aromatic ring is 1. The smallest absolute Gasteiger partial charge is 0.153 e. The van der Waals surface area contributed by atoms with Crippen LogP contribution in [-0.2, 0) is 0 Å². The number of H-pyrrole nitrogens is 1. The lowest BCUT2D eigenvalue weighted by atomic mass is 10.0. The van der Waals surface area contributed by atoms with E-state index in [1.54, 1.807) is 18.3 Å². The molecule has 20 heavy (non-hydrogen) atoms. The fourth-order valence-corrected chi connectivity index (χ4v) is 2.21. The molecule has 5 heteroatoms. The molecule has 1 aromatic carbocycles. The Hall–Kier alpha value is -2.69. The van der Waals surface area contributed by atoms with Gasteiger partial charge in [0.15, 0.2) is 5.82 Å². The summed E-state index contributed by atoms with van der Waals surface area (Å²) in [6.45, 7) is 1.92. The average Bonchev–Trinajstić information content (AvgIpc) is 2.82. The number of hydrogen-bond donors (Lipinski definition) is 2. The van der Waals surface area contributed by atoms with Gasteiger partial charge in [-0.05, 0) is 36.8 Å². The highest BCUT2D eigenvalue weighted by atomic mass is 19.1. The van der Waals surface area contributed by atoms with Gasteiger partial charge >= 0.3 is 0 Å². The van der Waals surface area contributed by atoms with E-state index < -0.39 is 0 Å². The summed E-state index contributed by atoms with van der Waals surface area (Å²) in [6, 6.07) is 9.98. The molecule has 0 aliphatic rings. The number of nitrogens with two attached hydrogens (primary N) is 1. The number of aromatic amines is 1. The highest BCUT2D eigenvalue weighted by Gasteiger charge is 2.16. The van der Waals surface area contributed by atoms with Crippen molar-refractivity contribution in [2.75, 3.05) is 5.73 Å². The SMILES string of the molecule is Cc1ncccc1-c1[nH]nc(N)c1-c1ccc(F)cc1. The van der Waals surface area contributed by atoms with E-state index in [0.717, 1.165) is 28.1 Å². The first kappa shape index (κ1) is 12.3. The van der Waals surface area contributed by atoms with Gasteiger partial charge in [0.2, 0.25) is 0 Å². The maximum Gasteiger partial charge on any atom is 0.153 e. The number of nitrogens with one attached hydrogen (secondary N) is 1. The lowest BCUT2D eigenvalue weighted by molar-refractivity contribution is 0.628. The number of hydrogen-bond acceptors (Lipinski definition) is 3. The van der Waals surface area contributed by atoms with Crippen molar-refractivity contribution in [1.82, 2.24) is 15.2 Å². The number of benzene rings is 1.